The summed E-state index contributed by atoms with van der Waals surface area (Å²) in [5.41, 5.74) is 1.94. The van der Waals surface area contributed by atoms with Crippen LogP contribution in [0.3, 0.4) is 0 Å². The number of amides is 1. The molecule has 1 aliphatic heterocycles. The predicted molar refractivity (Wildman–Crippen MR) is 95.2 cm³/mol. The summed E-state index contributed by atoms with van der Waals surface area (Å²) in [5.74, 6) is 1.67. The zero-order valence-electron chi connectivity index (χ0n) is 13.7. The van der Waals surface area contributed by atoms with Crippen molar-refractivity contribution in [2.75, 3.05) is 18.4 Å². The fourth-order valence-electron chi connectivity index (χ4n) is 3.64. The summed E-state index contributed by atoms with van der Waals surface area (Å²) in [5, 5.41) is 6.43. The highest BCUT2D eigenvalue weighted by atomic mass is 35.5. The van der Waals surface area contributed by atoms with Gasteiger partial charge in [0.2, 0.25) is 11.8 Å². The molecular weight excluding hydrogens is 326 g/mol. The summed E-state index contributed by atoms with van der Waals surface area (Å²) in [6.07, 6.45) is 4.95. The molecule has 2 aliphatic rings. The van der Waals surface area contributed by atoms with E-state index >= 15 is 0 Å². The van der Waals surface area contributed by atoms with E-state index < -0.39 is 0 Å². The number of nitrogens with zero attached hydrogens (tertiary/aromatic N) is 1. The lowest BCUT2D eigenvalue weighted by Crippen LogP contribution is -2.31. The van der Waals surface area contributed by atoms with Crippen LogP contribution in [0.5, 0.6) is 0 Å². The summed E-state index contributed by atoms with van der Waals surface area (Å²) in [6, 6.07) is 7.68. The normalized spacial score (nSPS) is 21.1. The lowest BCUT2D eigenvalue weighted by molar-refractivity contribution is -0.118. The second kappa shape index (κ2) is 6.57. The summed E-state index contributed by atoms with van der Waals surface area (Å²) in [7, 11) is 0. The van der Waals surface area contributed by atoms with Crippen LogP contribution in [0.1, 0.15) is 25.0 Å². The largest absolute Gasteiger partial charge is 0.441 e. The van der Waals surface area contributed by atoms with Crippen molar-refractivity contribution in [1.29, 1.82) is 0 Å². The molecule has 4 rings (SSSR count). The number of carbonyl (C=O) groups is 1. The topological polar surface area (TPSA) is 67.2 Å². The van der Waals surface area contributed by atoms with Crippen LogP contribution in [-0.4, -0.2) is 24.0 Å². The van der Waals surface area contributed by atoms with Crippen molar-refractivity contribution in [3.63, 3.8) is 0 Å². The van der Waals surface area contributed by atoms with Gasteiger partial charge in [-0.3, -0.25) is 4.79 Å². The molecule has 2 aromatic rings. The highest BCUT2D eigenvalue weighted by molar-refractivity contribution is 5.95. The van der Waals surface area contributed by atoms with Gasteiger partial charge in [0, 0.05) is 17.2 Å². The average Bonchev–Trinajstić information content (AvgIpc) is 3.06. The van der Waals surface area contributed by atoms with Gasteiger partial charge in [-0.1, -0.05) is 6.07 Å². The molecule has 1 unspecified atom stereocenters. The molecule has 5 nitrogen and oxygen atoms in total. The maximum Gasteiger partial charge on any atom is 0.228 e. The minimum atomic E-state index is 0. The molecule has 2 heterocycles. The van der Waals surface area contributed by atoms with Gasteiger partial charge in [-0.15, -0.1) is 12.4 Å². The van der Waals surface area contributed by atoms with Crippen LogP contribution >= 0.6 is 12.4 Å². The third-order valence-electron chi connectivity index (χ3n) is 5.10. The Morgan fingerprint density at radius 3 is 2.88 bits per heavy atom. The van der Waals surface area contributed by atoms with E-state index in [4.69, 9.17) is 4.42 Å². The van der Waals surface area contributed by atoms with Gasteiger partial charge in [0.15, 0.2) is 0 Å². The van der Waals surface area contributed by atoms with Gasteiger partial charge in [-0.05, 0) is 62.9 Å². The Balaban J connectivity index is 0.00000169. The first-order chi connectivity index (χ1) is 11.2. The molecule has 1 atom stereocenters. The van der Waals surface area contributed by atoms with Crippen LogP contribution < -0.4 is 10.6 Å². The molecule has 1 saturated carbocycles. The molecule has 2 fully saturated rings. The molecule has 1 amide bonds. The van der Waals surface area contributed by atoms with Crippen molar-refractivity contribution in [2.45, 2.75) is 26.2 Å². The number of aryl methyl sites for hydroxylation is 1. The predicted octanol–water partition coefficient (Wildman–Crippen LogP) is 3.40. The number of oxazole rings is 1. The van der Waals surface area contributed by atoms with Crippen LogP contribution in [-0.2, 0) is 4.79 Å². The highest BCUT2D eigenvalue weighted by Gasteiger charge is 2.57. The molecule has 0 bridgehead atoms. The van der Waals surface area contributed by atoms with Crippen molar-refractivity contribution < 1.29 is 9.21 Å². The van der Waals surface area contributed by atoms with E-state index in [1.165, 1.54) is 0 Å². The third-order valence-corrected chi connectivity index (χ3v) is 5.10. The van der Waals surface area contributed by atoms with Gasteiger partial charge >= 0.3 is 0 Å². The van der Waals surface area contributed by atoms with Gasteiger partial charge in [0.05, 0.1) is 6.20 Å². The molecule has 128 valence electrons. The molecule has 1 saturated heterocycles. The Morgan fingerprint density at radius 2 is 2.17 bits per heavy atom. The Morgan fingerprint density at radius 1 is 1.38 bits per heavy atom. The van der Waals surface area contributed by atoms with Gasteiger partial charge in [0.1, 0.15) is 5.76 Å². The monoisotopic (exact) mass is 347 g/mol. The van der Waals surface area contributed by atoms with E-state index in [9.17, 15) is 4.79 Å². The van der Waals surface area contributed by atoms with Crippen molar-refractivity contribution >= 4 is 24.0 Å². The van der Waals surface area contributed by atoms with Gasteiger partial charge in [-0.2, -0.15) is 0 Å². The lowest BCUT2D eigenvalue weighted by Gasteiger charge is -2.23. The quantitative estimate of drug-likeness (QED) is 0.893. The van der Waals surface area contributed by atoms with Crippen LogP contribution in [0, 0.1) is 18.3 Å². The Bertz CT molecular complexity index is 737. The molecule has 2 N–H and O–H groups in total. The number of anilines is 1. The zero-order valence-corrected chi connectivity index (χ0v) is 14.5. The standard InChI is InChI=1S/C18H21N3O2.ClH/c1-12-11-20-17(23-12)13-3-2-4-14(9-13)21-16(22)15-10-18(15)5-7-19-8-6-18;/h2-4,9,11,15,19H,5-8,10H2,1H3,(H,21,22);1H. The van der Waals surface area contributed by atoms with Crippen molar-refractivity contribution in [1.82, 2.24) is 10.3 Å². The number of nitrogens with one attached hydrogen (secondary N) is 2. The molecule has 1 aromatic heterocycles. The highest BCUT2D eigenvalue weighted by Crippen LogP contribution is 2.58. The van der Waals surface area contributed by atoms with E-state index in [-0.39, 0.29) is 29.6 Å². The van der Waals surface area contributed by atoms with Crippen LogP contribution in [0.2, 0.25) is 0 Å². The van der Waals surface area contributed by atoms with E-state index in [0.29, 0.717) is 5.89 Å². The van der Waals surface area contributed by atoms with Crippen molar-refractivity contribution in [3.8, 4) is 11.5 Å². The van der Waals surface area contributed by atoms with E-state index in [2.05, 4.69) is 15.6 Å². The lowest BCUT2D eigenvalue weighted by atomic mass is 9.92. The number of piperidine rings is 1. The number of halogens is 1. The smallest absolute Gasteiger partial charge is 0.228 e. The number of aromatic nitrogens is 1. The second-order valence-electron chi connectivity index (χ2n) is 6.72. The van der Waals surface area contributed by atoms with Gasteiger partial charge in [0.25, 0.3) is 0 Å². The first-order valence-corrected chi connectivity index (χ1v) is 8.21. The SMILES string of the molecule is Cc1cnc(-c2cccc(NC(=O)C3CC34CCNCC4)c2)o1.Cl. The molecule has 0 radical (unpaired) electrons. The first-order valence-electron chi connectivity index (χ1n) is 8.21. The van der Waals surface area contributed by atoms with Crippen molar-refractivity contribution in [2.24, 2.45) is 11.3 Å². The molecule has 1 aliphatic carbocycles. The van der Waals surface area contributed by atoms with Gasteiger partial charge in [-0.25, -0.2) is 4.98 Å². The molecule has 1 aromatic carbocycles. The minimum Gasteiger partial charge on any atom is -0.441 e. The van der Waals surface area contributed by atoms with E-state index in [1.54, 1.807) is 6.20 Å². The molecule has 6 heteroatoms. The number of benzene rings is 1. The van der Waals surface area contributed by atoms with Crippen LogP contribution in [0.15, 0.2) is 34.9 Å². The molecule has 24 heavy (non-hydrogen) atoms. The Labute approximate surface area is 147 Å². The van der Waals surface area contributed by atoms with Crippen LogP contribution in [0.25, 0.3) is 11.5 Å². The Hall–Kier alpha value is -1.85. The maximum atomic E-state index is 12.5. The second-order valence-corrected chi connectivity index (χ2v) is 6.72. The number of rotatable bonds is 3. The summed E-state index contributed by atoms with van der Waals surface area (Å²) in [4.78, 5) is 16.8. The van der Waals surface area contributed by atoms with E-state index in [1.807, 2.05) is 31.2 Å². The van der Waals surface area contributed by atoms with Crippen LogP contribution in [0.4, 0.5) is 5.69 Å². The Kier molecular flexibility index (Phi) is 4.65. The fraction of sp³-hybridized carbons (Fsp3) is 0.444. The minimum absolute atomic E-state index is 0. The van der Waals surface area contributed by atoms with Gasteiger partial charge < -0.3 is 15.1 Å². The summed E-state index contributed by atoms with van der Waals surface area (Å²) in [6.45, 7) is 3.93. The number of hydrogen-bond acceptors (Lipinski definition) is 4. The van der Waals surface area contributed by atoms with E-state index in [0.717, 1.165) is 49.4 Å². The first kappa shape index (κ1) is 17.0. The molecule has 1 spiro atoms. The maximum absolute atomic E-state index is 12.5. The van der Waals surface area contributed by atoms with Crippen molar-refractivity contribution in [3.05, 3.63) is 36.2 Å². The average molecular weight is 348 g/mol. The fourth-order valence-corrected chi connectivity index (χ4v) is 3.64. The number of carbonyl (C=O) groups excluding carboxylic acids is 1. The number of hydrogen-bond donors (Lipinski definition) is 2. The third kappa shape index (κ3) is 3.19. The molecular formula is C18H22ClN3O2. The zero-order chi connectivity index (χ0) is 15.9. The summed E-state index contributed by atoms with van der Waals surface area (Å²) >= 11 is 0. The summed E-state index contributed by atoms with van der Waals surface area (Å²) < 4.78 is 5.55.